The Balaban J connectivity index is 3.13. The molecule has 0 aromatic heterocycles. The smallest absolute Gasteiger partial charge is 0.252 e. The molecule has 0 atom stereocenters. The second-order valence-corrected chi connectivity index (χ2v) is 6.35. The number of hydrogen-bond donors (Lipinski definition) is 2. The van der Waals surface area contributed by atoms with Crippen molar-refractivity contribution >= 4 is 43.5 Å². The van der Waals surface area contributed by atoms with E-state index in [4.69, 9.17) is 21.5 Å². The van der Waals surface area contributed by atoms with Gasteiger partial charge in [-0.3, -0.25) is 4.79 Å². The molecule has 0 aliphatic carbocycles. The van der Waals surface area contributed by atoms with Crippen LogP contribution < -0.4 is 10.5 Å². The predicted molar refractivity (Wildman–Crippen MR) is 74.7 cm³/mol. The van der Waals surface area contributed by atoms with E-state index in [-0.39, 0.29) is 26.5 Å². The van der Waals surface area contributed by atoms with E-state index >= 15 is 0 Å². The molecule has 106 valence electrons. The first-order valence-corrected chi connectivity index (χ1v) is 7.78. The van der Waals surface area contributed by atoms with Gasteiger partial charge < -0.3 is 10.1 Å². The van der Waals surface area contributed by atoms with Crippen LogP contribution in [0.15, 0.2) is 21.5 Å². The maximum atomic E-state index is 11.9. The lowest BCUT2D eigenvalue weighted by Crippen LogP contribution is -2.27. The Morgan fingerprint density at radius 2 is 2.16 bits per heavy atom. The van der Waals surface area contributed by atoms with Crippen molar-refractivity contribution in [3.05, 3.63) is 27.2 Å². The number of primary sulfonamides is 1. The highest BCUT2D eigenvalue weighted by Gasteiger charge is 2.18. The second-order valence-electron chi connectivity index (χ2n) is 3.56. The number of amides is 1. The lowest BCUT2D eigenvalue weighted by molar-refractivity contribution is 0.0937. The SMILES string of the molecule is COCCNC(=O)c1cc(S(N)(=O)=O)cc(Br)c1Cl. The summed E-state index contributed by atoms with van der Waals surface area (Å²) in [5.41, 5.74) is 0.0242. The first kappa shape index (κ1) is 16.4. The zero-order chi connectivity index (χ0) is 14.6. The molecule has 19 heavy (non-hydrogen) atoms. The minimum absolute atomic E-state index is 0.0242. The van der Waals surface area contributed by atoms with Gasteiger partial charge in [-0.25, -0.2) is 13.6 Å². The summed E-state index contributed by atoms with van der Waals surface area (Å²) in [5, 5.41) is 7.68. The average Bonchev–Trinajstić information content (AvgIpc) is 2.31. The molecule has 0 radical (unpaired) electrons. The Bertz CT molecular complexity index is 591. The highest BCUT2D eigenvalue weighted by molar-refractivity contribution is 9.10. The molecule has 9 heteroatoms. The molecule has 0 bridgehead atoms. The van der Waals surface area contributed by atoms with Gasteiger partial charge in [0.15, 0.2) is 0 Å². The number of carbonyl (C=O) groups excluding carboxylic acids is 1. The van der Waals surface area contributed by atoms with E-state index < -0.39 is 15.9 Å². The van der Waals surface area contributed by atoms with Crippen molar-refractivity contribution in [3.63, 3.8) is 0 Å². The van der Waals surface area contributed by atoms with Gasteiger partial charge >= 0.3 is 0 Å². The zero-order valence-electron chi connectivity index (χ0n) is 9.94. The van der Waals surface area contributed by atoms with Crippen molar-refractivity contribution in [1.29, 1.82) is 0 Å². The van der Waals surface area contributed by atoms with E-state index in [0.29, 0.717) is 6.61 Å². The summed E-state index contributed by atoms with van der Waals surface area (Å²) >= 11 is 9.03. The summed E-state index contributed by atoms with van der Waals surface area (Å²) in [6, 6.07) is 2.37. The number of nitrogens with two attached hydrogens (primary N) is 1. The molecule has 0 saturated carbocycles. The number of ether oxygens (including phenoxy) is 1. The van der Waals surface area contributed by atoms with Crippen LogP contribution in [0.3, 0.4) is 0 Å². The first-order valence-electron chi connectivity index (χ1n) is 5.06. The van der Waals surface area contributed by atoms with Crippen molar-refractivity contribution in [1.82, 2.24) is 5.32 Å². The first-order chi connectivity index (χ1) is 8.77. The van der Waals surface area contributed by atoms with Crippen molar-refractivity contribution in [3.8, 4) is 0 Å². The van der Waals surface area contributed by atoms with Gasteiger partial charge in [0.25, 0.3) is 5.91 Å². The molecule has 0 spiro atoms. The molecule has 0 saturated heterocycles. The number of hydrogen-bond acceptors (Lipinski definition) is 4. The molecule has 1 rings (SSSR count). The van der Waals surface area contributed by atoms with Crippen LogP contribution in [0.2, 0.25) is 5.02 Å². The summed E-state index contributed by atoms with van der Waals surface area (Å²) in [4.78, 5) is 11.7. The van der Waals surface area contributed by atoms with Gasteiger partial charge in [0, 0.05) is 18.1 Å². The van der Waals surface area contributed by atoms with Crippen LogP contribution >= 0.6 is 27.5 Å². The number of carbonyl (C=O) groups is 1. The molecule has 0 aliphatic rings. The topological polar surface area (TPSA) is 98.5 Å². The summed E-state index contributed by atoms with van der Waals surface area (Å²) in [6.45, 7) is 0.613. The zero-order valence-corrected chi connectivity index (χ0v) is 13.1. The number of sulfonamides is 1. The molecule has 1 amide bonds. The Morgan fingerprint density at radius 3 is 2.68 bits per heavy atom. The number of nitrogens with one attached hydrogen (secondary N) is 1. The van der Waals surface area contributed by atoms with Gasteiger partial charge in [-0.15, -0.1) is 0 Å². The maximum Gasteiger partial charge on any atom is 0.252 e. The summed E-state index contributed by atoms with van der Waals surface area (Å²) in [6.07, 6.45) is 0. The van der Waals surface area contributed by atoms with E-state index in [0.717, 1.165) is 6.07 Å². The molecule has 3 N–H and O–H groups in total. The second kappa shape index (κ2) is 6.67. The Hall–Kier alpha value is -0.670. The van der Waals surface area contributed by atoms with E-state index in [1.807, 2.05) is 0 Å². The third kappa shape index (κ3) is 4.43. The average molecular weight is 372 g/mol. The Morgan fingerprint density at radius 1 is 1.53 bits per heavy atom. The fourth-order valence-electron chi connectivity index (χ4n) is 1.26. The number of rotatable bonds is 5. The molecule has 1 aromatic carbocycles. The number of methoxy groups -OCH3 is 1. The largest absolute Gasteiger partial charge is 0.383 e. The maximum absolute atomic E-state index is 11.9. The Kier molecular flexibility index (Phi) is 5.75. The van der Waals surface area contributed by atoms with Crippen molar-refractivity contribution in [2.75, 3.05) is 20.3 Å². The number of benzene rings is 1. The molecule has 0 aliphatic heterocycles. The van der Waals surface area contributed by atoms with Gasteiger partial charge in [-0.05, 0) is 28.1 Å². The molecule has 1 aromatic rings. The Labute approximate surface area is 124 Å². The normalized spacial score (nSPS) is 11.4. The summed E-state index contributed by atoms with van der Waals surface area (Å²) in [7, 11) is -2.42. The molecule has 0 unspecified atom stereocenters. The highest BCUT2D eigenvalue weighted by atomic mass is 79.9. The van der Waals surface area contributed by atoms with Crippen LogP contribution in [-0.2, 0) is 14.8 Å². The van der Waals surface area contributed by atoms with Crippen LogP contribution in [0.4, 0.5) is 0 Å². The summed E-state index contributed by atoms with van der Waals surface area (Å²) in [5.74, 6) is -0.506. The standard InChI is InChI=1S/C10H12BrClN2O4S/c1-18-3-2-14-10(15)7-4-6(19(13,16)17)5-8(11)9(7)12/h4-5H,2-3H2,1H3,(H,14,15)(H2,13,16,17). The van der Waals surface area contributed by atoms with Gasteiger partial charge in [-0.2, -0.15) is 0 Å². The molecule has 0 fully saturated rings. The molecule has 0 heterocycles. The predicted octanol–water partition coefficient (Wildman–Crippen LogP) is 1.13. The van der Waals surface area contributed by atoms with Crippen LogP contribution in [0.1, 0.15) is 10.4 Å². The highest BCUT2D eigenvalue weighted by Crippen LogP contribution is 2.29. The fourth-order valence-corrected chi connectivity index (χ4v) is 2.63. The van der Waals surface area contributed by atoms with Crippen LogP contribution in [-0.4, -0.2) is 34.6 Å². The van der Waals surface area contributed by atoms with Crippen molar-refractivity contribution in [2.45, 2.75) is 4.90 Å². The van der Waals surface area contributed by atoms with E-state index in [1.165, 1.54) is 13.2 Å². The van der Waals surface area contributed by atoms with Gasteiger partial charge in [-0.1, -0.05) is 11.6 Å². The summed E-state index contributed by atoms with van der Waals surface area (Å²) < 4.78 is 27.7. The lowest BCUT2D eigenvalue weighted by atomic mass is 10.2. The number of halogens is 2. The third-order valence-corrected chi connectivity index (χ3v) is 4.32. The quantitative estimate of drug-likeness (QED) is 0.758. The van der Waals surface area contributed by atoms with E-state index in [2.05, 4.69) is 21.2 Å². The third-order valence-electron chi connectivity index (χ3n) is 2.17. The molecule has 6 nitrogen and oxygen atoms in total. The van der Waals surface area contributed by atoms with Gasteiger partial charge in [0.2, 0.25) is 10.0 Å². The minimum Gasteiger partial charge on any atom is -0.383 e. The van der Waals surface area contributed by atoms with Crippen LogP contribution in [0.25, 0.3) is 0 Å². The van der Waals surface area contributed by atoms with E-state index in [1.54, 1.807) is 0 Å². The lowest BCUT2D eigenvalue weighted by Gasteiger charge is -2.09. The fraction of sp³-hybridized carbons (Fsp3) is 0.300. The van der Waals surface area contributed by atoms with Gasteiger partial charge in [0.1, 0.15) is 0 Å². The monoisotopic (exact) mass is 370 g/mol. The van der Waals surface area contributed by atoms with Crippen molar-refractivity contribution in [2.24, 2.45) is 5.14 Å². The van der Waals surface area contributed by atoms with Crippen LogP contribution in [0.5, 0.6) is 0 Å². The van der Waals surface area contributed by atoms with Crippen LogP contribution in [0, 0.1) is 0 Å². The van der Waals surface area contributed by atoms with Crippen molar-refractivity contribution < 1.29 is 17.9 Å². The van der Waals surface area contributed by atoms with Gasteiger partial charge in [0.05, 0.1) is 22.1 Å². The van der Waals surface area contributed by atoms with E-state index in [9.17, 15) is 13.2 Å². The minimum atomic E-state index is -3.92. The molecular weight excluding hydrogens is 360 g/mol. The molecular formula is C10H12BrClN2O4S.